The van der Waals surface area contributed by atoms with Gasteiger partial charge < -0.3 is 9.88 Å². The number of rotatable bonds is 1. The molecular weight excluding hydrogens is 238 g/mol. The largest absolute Gasteiger partial charge is 0.317 e. The number of fused-ring (bicyclic) bond motifs is 3. The van der Waals surface area contributed by atoms with Crippen molar-refractivity contribution in [2.75, 3.05) is 13.1 Å². The molecule has 0 amide bonds. The van der Waals surface area contributed by atoms with Gasteiger partial charge in [0, 0.05) is 13.0 Å². The molecule has 0 radical (unpaired) electrons. The highest BCUT2D eigenvalue weighted by Gasteiger charge is 2.23. The van der Waals surface area contributed by atoms with Gasteiger partial charge in [0.05, 0.1) is 11.0 Å². The van der Waals surface area contributed by atoms with Gasteiger partial charge in [-0.3, -0.25) is 4.40 Å². The molecule has 98 valence electrons. The molecule has 0 unspecified atom stereocenters. The van der Waals surface area contributed by atoms with E-state index in [1.807, 2.05) is 0 Å². The van der Waals surface area contributed by atoms with Crippen LogP contribution >= 0.6 is 0 Å². The van der Waals surface area contributed by atoms with E-state index in [0.29, 0.717) is 5.92 Å². The average molecular weight is 255 g/mol. The molecule has 1 aliphatic rings. The monoisotopic (exact) mass is 255 g/mol. The number of nitrogens with one attached hydrogen (secondary N) is 1. The van der Waals surface area contributed by atoms with Gasteiger partial charge >= 0.3 is 0 Å². The van der Waals surface area contributed by atoms with Gasteiger partial charge in [0.25, 0.3) is 0 Å². The first-order valence-corrected chi connectivity index (χ1v) is 6.85. The third-order valence-electron chi connectivity index (χ3n) is 4.16. The molecule has 1 aliphatic heterocycles. The third-order valence-corrected chi connectivity index (χ3v) is 4.16. The summed E-state index contributed by atoms with van der Waals surface area (Å²) >= 11 is 0. The van der Waals surface area contributed by atoms with Gasteiger partial charge in [0.1, 0.15) is 5.82 Å². The van der Waals surface area contributed by atoms with Crippen molar-refractivity contribution < 1.29 is 0 Å². The van der Waals surface area contributed by atoms with Crippen LogP contribution in [0, 0.1) is 0 Å². The summed E-state index contributed by atoms with van der Waals surface area (Å²) in [6, 6.07) is 8.43. The first-order valence-electron chi connectivity index (χ1n) is 6.85. The number of piperidine rings is 1. The van der Waals surface area contributed by atoms with Crippen molar-refractivity contribution in [3.63, 3.8) is 0 Å². The van der Waals surface area contributed by atoms with Gasteiger partial charge in [-0.1, -0.05) is 12.1 Å². The van der Waals surface area contributed by atoms with E-state index in [2.05, 4.69) is 55.8 Å². The number of aromatic nitrogens is 4. The third kappa shape index (κ3) is 1.51. The molecule has 5 nitrogen and oxygen atoms in total. The zero-order valence-electron chi connectivity index (χ0n) is 11.0. The van der Waals surface area contributed by atoms with E-state index in [1.165, 1.54) is 11.0 Å². The molecule has 1 N–H and O–H groups in total. The second-order valence-electron chi connectivity index (χ2n) is 5.27. The summed E-state index contributed by atoms with van der Waals surface area (Å²) < 4.78 is 4.35. The van der Waals surface area contributed by atoms with Crippen LogP contribution < -0.4 is 5.32 Å². The van der Waals surface area contributed by atoms with Crippen LogP contribution in [0.25, 0.3) is 16.8 Å². The fraction of sp³-hybridized carbons (Fsp3) is 0.429. The minimum atomic E-state index is 0.516. The van der Waals surface area contributed by atoms with Crippen LogP contribution in [0.4, 0.5) is 0 Å². The van der Waals surface area contributed by atoms with Gasteiger partial charge in [-0.05, 0) is 38.1 Å². The van der Waals surface area contributed by atoms with E-state index in [4.69, 9.17) is 0 Å². The number of hydrogen-bond donors (Lipinski definition) is 1. The quantitative estimate of drug-likeness (QED) is 0.720. The van der Waals surface area contributed by atoms with Crippen molar-refractivity contribution in [2.45, 2.75) is 18.8 Å². The molecule has 5 heteroatoms. The lowest BCUT2D eigenvalue weighted by atomic mass is 9.97. The molecule has 4 rings (SSSR count). The van der Waals surface area contributed by atoms with Crippen molar-refractivity contribution in [3.05, 3.63) is 30.1 Å². The van der Waals surface area contributed by atoms with Crippen LogP contribution in [0.5, 0.6) is 0 Å². The Kier molecular flexibility index (Phi) is 2.35. The van der Waals surface area contributed by atoms with Crippen LogP contribution in [0.15, 0.2) is 24.3 Å². The lowest BCUT2D eigenvalue weighted by Gasteiger charge is -2.20. The maximum atomic E-state index is 4.45. The van der Waals surface area contributed by atoms with E-state index < -0.39 is 0 Å². The number of benzene rings is 1. The molecule has 0 bridgehead atoms. The minimum Gasteiger partial charge on any atom is -0.317 e. The lowest BCUT2D eigenvalue weighted by Crippen LogP contribution is -2.27. The van der Waals surface area contributed by atoms with Gasteiger partial charge in [-0.2, -0.15) is 0 Å². The Balaban J connectivity index is 1.99. The summed E-state index contributed by atoms with van der Waals surface area (Å²) in [5.74, 6) is 2.57. The lowest BCUT2D eigenvalue weighted by molar-refractivity contribution is 0.443. The van der Waals surface area contributed by atoms with E-state index >= 15 is 0 Å². The van der Waals surface area contributed by atoms with Gasteiger partial charge in [0.15, 0.2) is 0 Å². The molecule has 1 fully saturated rings. The Morgan fingerprint density at radius 1 is 1.11 bits per heavy atom. The second kappa shape index (κ2) is 4.06. The van der Waals surface area contributed by atoms with E-state index in [1.54, 1.807) is 0 Å². The van der Waals surface area contributed by atoms with Crippen molar-refractivity contribution >= 4 is 16.8 Å². The summed E-state index contributed by atoms with van der Waals surface area (Å²) in [4.78, 5) is 0. The standard InChI is InChI=1S/C14H17N5/c1-18-11-4-2-3-5-12(11)19-13(16-17-14(18)19)10-6-8-15-9-7-10/h2-5,10,15H,6-9H2,1H3. The molecule has 3 aromatic rings. The summed E-state index contributed by atoms with van der Waals surface area (Å²) in [6.45, 7) is 2.15. The first kappa shape index (κ1) is 11.0. The van der Waals surface area contributed by atoms with Gasteiger partial charge in [0.2, 0.25) is 5.78 Å². The van der Waals surface area contributed by atoms with Crippen molar-refractivity contribution in [1.82, 2.24) is 24.5 Å². The zero-order valence-corrected chi connectivity index (χ0v) is 11.0. The first-order chi connectivity index (χ1) is 9.36. The van der Waals surface area contributed by atoms with Crippen molar-refractivity contribution in [2.24, 2.45) is 7.05 Å². The highest BCUT2D eigenvalue weighted by molar-refractivity contribution is 5.80. The summed E-state index contributed by atoms with van der Waals surface area (Å²) in [5, 5.41) is 12.2. The maximum Gasteiger partial charge on any atom is 0.236 e. The topological polar surface area (TPSA) is 47.1 Å². The Morgan fingerprint density at radius 3 is 2.63 bits per heavy atom. The van der Waals surface area contributed by atoms with E-state index in [0.717, 1.165) is 37.5 Å². The fourth-order valence-corrected chi connectivity index (χ4v) is 3.13. The molecule has 3 heterocycles. The summed E-state index contributed by atoms with van der Waals surface area (Å²) in [6.07, 6.45) is 2.29. The number of aryl methyl sites for hydroxylation is 1. The second-order valence-corrected chi connectivity index (χ2v) is 5.27. The van der Waals surface area contributed by atoms with Crippen molar-refractivity contribution in [1.29, 1.82) is 0 Å². The normalized spacial score (nSPS) is 17.5. The number of hydrogen-bond acceptors (Lipinski definition) is 3. The van der Waals surface area contributed by atoms with Crippen molar-refractivity contribution in [3.8, 4) is 0 Å². The summed E-state index contributed by atoms with van der Waals surface area (Å²) in [5.41, 5.74) is 2.42. The van der Waals surface area contributed by atoms with Crippen LogP contribution in [-0.4, -0.2) is 32.3 Å². The smallest absolute Gasteiger partial charge is 0.236 e. The number of nitrogens with zero attached hydrogens (tertiary/aromatic N) is 4. The maximum absolute atomic E-state index is 4.45. The predicted molar refractivity (Wildman–Crippen MR) is 74.3 cm³/mol. The Morgan fingerprint density at radius 2 is 1.84 bits per heavy atom. The van der Waals surface area contributed by atoms with E-state index in [-0.39, 0.29) is 0 Å². The molecule has 0 spiro atoms. The molecule has 2 aromatic heterocycles. The molecule has 1 saturated heterocycles. The molecule has 0 atom stereocenters. The molecule has 0 aliphatic carbocycles. The molecule has 1 aromatic carbocycles. The SMILES string of the molecule is Cn1c2ccccc2n2c(C3CCNCC3)nnc12. The molecular formula is C14H17N5. The number of imidazole rings is 1. The van der Waals surface area contributed by atoms with Crippen LogP contribution in [0.1, 0.15) is 24.6 Å². The zero-order chi connectivity index (χ0) is 12.8. The predicted octanol–water partition coefficient (Wildman–Crippen LogP) is 1.69. The average Bonchev–Trinajstić information content (AvgIpc) is 3.02. The Labute approximate surface area is 111 Å². The Bertz CT molecular complexity index is 733. The molecule has 19 heavy (non-hydrogen) atoms. The Hall–Kier alpha value is -1.88. The summed E-state index contributed by atoms with van der Waals surface area (Å²) in [7, 11) is 2.05. The van der Waals surface area contributed by atoms with Gasteiger partial charge in [-0.25, -0.2) is 0 Å². The van der Waals surface area contributed by atoms with Crippen LogP contribution in [0.3, 0.4) is 0 Å². The van der Waals surface area contributed by atoms with Gasteiger partial charge in [-0.15, -0.1) is 10.2 Å². The highest BCUT2D eigenvalue weighted by atomic mass is 15.3. The van der Waals surface area contributed by atoms with E-state index in [9.17, 15) is 0 Å². The fourth-order valence-electron chi connectivity index (χ4n) is 3.13. The number of para-hydroxylation sites is 2. The minimum absolute atomic E-state index is 0.516. The van der Waals surface area contributed by atoms with Crippen LogP contribution in [-0.2, 0) is 7.05 Å². The van der Waals surface area contributed by atoms with Crippen LogP contribution in [0.2, 0.25) is 0 Å². The molecule has 0 saturated carbocycles. The highest BCUT2D eigenvalue weighted by Crippen LogP contribution is 2.28.